The van der Waals surface area contributed by atoms with Crippen LogP contribution in [0.25, 0.3) is 0 Å². The molecule has 0 unspecified atom stereocenters. The van der Waals surface area contributed by atoms with E-state index in [0.717, 1.165) is 4.90 Å². The summed E-state index contributed by atoms with van der Waals surface area (Å²) in [5.41, 5.74) is 0.960. The van der Waals surface area contributed by atoms with Crippen LogP contribution in [0.4, 0.5) is 0 Å². The van der Waals surface area contributed by atoms with Gasteiger partial charge < -0.3 is 14.2 Å². The highest BCUT2D eigenvalue weighted by Gasteiger charge is 2.31. The van der Waals surface area contributed by atoms with Crippen molar-refractivity contribution >= 4 is 23.7 Å². The second-order valence-corrected chi connectivity index (χ2v) is 6.41. The van der Waals surface area contributed by atoms with Gasteiger partial charge in [0.1, 0.15) is 24.3 Å². The summed E-state index contributed by atoms with van der Waals surface area (Å²) < 4.78 is 16.1. The first-order valence-electron chi connectivity index (χ1n) is 7.32. The third-order valence-corrected chi connectivity index (χ3v) is 4.20. The molecule has 1 heterocycles. The first-order valence-corrected chi connectivity index (χ1v) is 8.19. The van der Waals surface area contributed by atoms with Crippen LogP contribution in [0, 0.1) is 6.92 Å². The SMILES string of the molecule is CC(=O)OC[C@H]1O[C@@H](Sc2ccc(C)cc2)C=C[C@@H]1OC(C)=O. The van der Waals surface area contributed by atoms with Crippen LogP contribution in [0.1, 0.15) is 19.4 Å². The zero-order valence-electron chi connectivity index (χ0n) is 13.4. The molecule has 0 aliphatic carbocycles. The van der Waals surface area contributed by atoms with E-state index < -0.39 is 24.1 Å². The average Bonchev–Trinajstić information content (AvgIpc) is 2.49. The fraction of sp³-hybridized carbons (Fsp3) is 0.412. The van der Waals surface area contributed by atoms with E-state index >= 15 is 0 Å². The Bertz CT molecular complexity index is 581. The number of ether oxygens (including phenoxy) is 3. The minimum Gasteiger partial charge on any atom is -0.463 e. The van der Waals surface area contributed by atoms with Gasteiger partial charge in [0.25, 0.3) is 0 Å². The number of hydrogen-bond acceptors (Lipinski definition) is 6. The summed E-state index contributed by atoms with van der Waals surface area (Å²) in [6.07, 6.45) is 2.56. The lowest BCUT2D eigenvalue weighted by atomic mass is 10.1. The minimum atomic E-state index is -0.554. The Labute approximate surface area is 140 Å². The highest BCUT2D eigenvalue weighted by atomic mass is 32.2. The van der Waals surface area contributed by atoms with Gasteiger partial charge in [-0.15, -0.1) is 0 Å². The van der Waals surface area contributed by atoms with Crippen molar-refractivity contribution in [1.82, 2.24) is 0 Å². The number of hydrogen-bond donors (Lipinski definition) is 0. The van der Waals surface area contributed by atoms with Gasteiger partial charge in [-0.25, -0.2) is 0 Å². The highest BCUT2D eigenvalue weighted by molar-refractivity contribution is 8.00. The Morgan fingerprint density at radius 3 is 2.43 bits per heavy atom. The molecule has 1 aromatic carbocycles. The predicted molar refractivity (Wildman–Crippen MR) is 87.0 cm³/mol. The lowest BCUT2D eigenvalue weighted by molar-refractivity contribution is -0.160. The number of benzene rings is 1. The Morgan fingerprint density at radius 2 is 1.83 bits per heavy atom. The Morgan fingerprint density at radius 1 is 1.13 bits per heavy atom. The molecule has 0 fully saturated rings. The molecule has 23 heavy (non-hydrogen) atoms. The third kappa shape index (κ3) is 5.73. The molecule has 0 saturated heterocycles. The summed E-state index contributed by atoms with van der Waals surface area (Å²) in [4.78, 5) is 23.3. The van der Waals surface area contributed by atoms with Crippen LogP contribution in [0.15, 0.2) is 41.3 Å². The molecular formula is C17H20O5S. The van der Waals surface area contributed by atoms with E-state index in [1.807, 2.05) is 37.3 Å². The monoisotopic (exact) mass is 336 g/mol. The Hall–Kier alpha value is -1.79. The van der Waals surface area contributed by atoms with Gasteiger partial charge in [0, 0.05) is 18.7 Å². The van der Waals surface area contributed by atoms with Crippen LogP contribution in [0.3, 0.4) is 0 Å². The lowest BCUT2D eigenvalue weighted by Crippen LogP contribution is -2.40. The van der Waals surface area contributed by atoms with Gasteiger partial charge in [-0.2, -0.15) is 0 Å². The van der Waals surface area contributed by atoms with Gasteiger partial charge in [-0.3, -0.25) is 9.59 Å². The van der Waals surface area contributed by atoms with E-state index in [9.17, 15) is 9.59 Å². The second-order valence-electron chi connectivity index (χ2n) is 5.24. The molecular weight excluding hydrogens is 316 g/mol. The maximum atomic E-state index is 11.2. The molecule has 0 saturated carbocycles. The Balaban J connectivity index is 2.03. The largest absolute Gasteiger partial charge is 0.463 e. The van der Waals surface area contributed by atoms with Gasteiger partial charge in [0.05, 0.1) is 0 Å². The van der Waals surface area contributed by atoms with Crippen LogP contribution in [0.5, 0.6) is 0 Å². The van der Waals surface area contributed by atoms with Crippen LogP contribution >= 0.6 is 11.8 Å². The first kappa shape index (κ1) is 17.6. The van der Waals surface area contributed by atoms with E-state index in [1.54, 1.807) is 17.8 Å². The molecule has 3 atom stereocenters. The molecule has 1 aromatic rings. The molecule has 5 nitrogen and oxygen atoms in total. The normalized spacial score (nSPS) is 23.3. The van der Waals surface area contributed by atoms with E-state index in [2.05, 4.69) is 0 Å². The van der Waals surface area contributed by atoms with Crippen molar-refractivity contribution in [2.45, 2.75) is 43.3 Å². The summed E-state index contributed by atoms with van der Waals surface area (Å²) in [6, 6.07) is 8.12. The molecule has 124 valence electrons. The lowest BCUT2D eigenvalue weighted by Gasteiger charge is -2.31. The van der Waals surface area contributed by atoms with Crippen LogP contribution in [-0.4, -0.2) is 36.2 Å². The molecule has 1 aliphatic heterocycles. The standard InChI is InChI=1S/C17H20O5S/c1-11-4-6-14(7-5-11)23-17-9-8-15(21-13(3)19)16(22-17)10-20-12(2)18/h4-9,15-17H,10H2,1-3H3/t15-,16+,17-/m0/s1. The van der Waals surface area contributed by atoms with Crippen LogP contribution < -0.4 is 0 Å². The molecule has 6 heteroatoms. The van der Waals surface area contributed by atoms with Gasteiger partial charge in [0.15, 0.2) is 0 Å². The molecule has 0 spiro atoms. The molecule has 0 aromatic heterocycles. The molecule has 2 rings (SSSR count). The number of carbonyl (C=O) groups excluding carboxylic acids is 2. The average molecular weight is 336 g/mol. The summed E-state index contributed by atoms with van der Waals surface area (Å²) >= 11 is 1.54. The van der Waals surface area contributed by atoms with Crippen molar-refractivity contribution in [3.05, 3.63) is 42.0 Å². The van der Waals surface area contributed by atoms with Gasteiger partial charge >= 0.3 is 11.9 Å². The number of aryl methyl sites for hydroxylation is 1. The first-order chi connectivity index (χ1) is 10.9. The number of thioether (sulfide) groups is 1. The van der Waals surface area contributed by atoms with Gasteiger partial charge in [-0.1, -0.05) is 29.5 Å². The number of carbonyl (C=O) groups is 2. The second kappa shape index (κ2) is 8.17. The van der Waals surface area contributed by atoms with Gasteiger partial charge in [0.2, 0.25) is 0 Å². The molecule has 0 N–H and O–H groups in total. The number of rotatable bonds is 5. The zero-order chi connectivity index (χ0) is 16.8. The van der Waals surface area contributed by atoms with E-state index in [1.165, 1.54) is 19.4 Å². The van der Waals surface area contributed by atoms with Crippen molar-refractivity contribution in [2.24, 2.45) is 0 Å². The fourth-order valence-corrected chi connectivity index (χ4v) is 3.01. The summed E-state index contributed by atoms with van der Waals surface area (Å²) in [6.45, 7) is 4.74. The van der Waals surface area contributed by atoms with E-state index in [0.29, 0.717) is 0 Å². The van der Waals surface area contributed by atoms with E-state index in [-0.39, 0.29) is 12.0 Å². The summed E-state index contributed by atoms with van der Waals surface area (Å²) in [5, 5.41) is 0. The zero-order valence-corrected chi connectivity index (χ0v) is 14.2. The summed E-state index contributed by atoms with van der Waals surface area (Å²) in [7, 11) is 0. The summed E-state index contributed by atoms with van der Waals surface area (Å²) in [5.74, 6) is -0.798. The molecule has 1 aliphatic rings. The van der Waals surface area contributed by atoms with Crippen molar-refractivity contribution in [2.75, 3.05) is 6.61 Å². The fourth-order valence-electron chi connectivity index (χ4n) is 2.08. The molecule has 0 amide bonds. The van der Waals surface area contributed by atoms with Crippen LogP contribution in [-0.2, 0) is 23.8 Å². The highest BCUT2D eigenvalue weighted by Crippen LogP contribution is 2.30. The number of esters is 2. The van der Waals surface area contributed by atoms with Gasteiger partial charge in [-0.05, 0) is 31.2 Å². The predicted octanol–water partition coefficient (Wildman–Crippen LogP) is 2.86. The van der Waals surface area contributed by atoms with Crippen molar-refractivity contribution in [3.8, 4) is 0 Å². The van der Waals surface area contributed by atoms with Crippen molar-refractivity contribution in [1.29, 1.82) is 0 Å². The van der Waals surface area contributed by atoms with E-state index in [4.69, 9.17) is 14.2 Å². The third-order valence-electron chi connectivity index (χ3n) is 3.16. The molecule has 0 bridgehead atoms. The Kier molecular flexibility index (Phi) is 6.24. The topological polar surface area (TPSA) is 61.8 Å². The maximum Gasteiger partial charge on any atom is 0.303 e. The van der Waals surface area contributed by atoms with Crippen molar-refractivity contribution < 1.29 is 23.8 Å². The molecule has 0 radical (unpaired) electrons. The minimum absolute atomic E-state index is 0.0442. The smallest absolute Gasteiger partial charge is 0.303 e. The van der Waals surface area contributed by atoms with Crippen LogP contribution in [0.2, 0.25) is 0 Å². The van der Waals surface area contributed by atoms with Crippen molar-refractivity contribution in [3.63, 3.8) is 0 Å². The maximum absolute atomic E-state index is 11.2. The quantitative estimate of drug-likeness (QED) is 0.609.